The number of ether oxygens (including phenoxy) is 4. The van der Waals surface area contributed by atoms with Gasteiger partial charge in [0.15, 0.2) is 0 Å². The zero-order chi connectivity index (χ0) is 40.9. The molecule has 4 aromatic rings. The highest BCUT2D eigenvalue weighted by Crippen LogP contribution is 2.42. The van der Waals surface area contributed by atoms with E-state index >= 15 is 0 Å². The zero-order valence-corrected chi connectivity index (χ0v) is 35.5. The summed E-state index contributed by atoms with van der Waals surface area (Å²) in [6.07, 6.45) is 4.66. The van der Waals surface area contributed by atoms with E-state index in [1.54, 1.807) is 32.2 Å². The smallest absolute Gasteiger partial charge is 0.410 e. The molecule has 0 unspecified atom stereocenters. The molecule has 6 rings (SSSR count). The first-order chi connectivity index (χ1) is 27.3. The van der Waals surface area contributed by atoms with Crippen LogP contribution in [0.3, 0.4) is 0 Å². The number of piperidine rings is 1. The molecule has 2 fully saturated rings. The van der Waals surface area contributed by atoms with E-state index in [-0.39, 0.29) is 24.6 Å². The molecule has 304 valence electrons. The molecule has 2 saturated heterocycles. The van der Waals surface area contributed by atoms with E-state index in [1.807, 2.05) is 74.2 Å². The molecule has 2 aromatic carbocycles. The molecule has 0 saturated carbocycles. The fraction of sp³-hybridized carbons (Fsp3) is 0.455. The Labute approximate surface area is 346 Å². The third kappa shape index (κ3) is 10.0. The van der Waals surface area contributed by atoms with Crippen LogP contribution in [0.4, 0.5) is 4.79 Å². The molecule has 0 spiro atoms. The molecule has 0 bridgehead atoms. The minimum Gasteiger partial charge on any atom is -0.496 e. The molecule has 2 amide bonds. The molecule has 0 aliphatic carbocycles. The van der Waals surface area contributed by atoms with Gasteiger partial charge in [-0.3, -0.25) is 14.7 Å². The van der Waals surface area contributed by atoms with Crippen LogP contribution in [-0.2, 0) is 27.4 Å². The number of rotatable bonds is 11. The van der Waals surface area contributed by atoms with Crippen molar-refractivity contribution in [3.05, 3.63) is 82.0 Å². The molecule has 0 atom stereocenters. The molecule has 4 heterocycles. The number of hydrogen-bond acceptors (Lipinski definition) is 9. The lowest BCUT2D eigenvalue weighted by atomic mass is 9.98. The van der Waals surface area contributed by atoms with E-state index in [4.69, 9.17) is 47.1 Å². The Bertz CT molecular complexity index is 2060. The van der Waals surface area contributed by atoms with Gasteiger partial charge in [-0.2, -0.15) is 0 Å². The van der Waals surface area contributed by atoms with Crippen molar-refractivity contribution < 1.29 is 28.5 Å². The maximum Gasteiger partial charge on any atom is 0.410 e. The zero-order valence-electron chi connectivity index (χ0n) is 33.9. The highest BCUT2D eigenvalue weighted by molar-refractivity contribution is 6.39. The molecule has 57 heavy (non-hydrogen) atoms. The van der Waals surface area contributed by atoms with Gasteiger partial charge in [0.1, 0.15) is 11.4 Å². The summed E-state index contributed by atoms with van der Waals surface area (Å²) in [6, 6.07) is 17.8. The minimum absolute atomic E-state index is 0.0338. The Kier molecular flexibility index (Phi) is 13.7. The lowest BCUT2D eigenvalue weighted by molar-refractivity contribution is -0.130. The number of benzene rings is 2. The molecule has 2 aromatic heterocycles. The Morgan fingerprint density at radius 1 is 0.860 bits per heavy atom. The average molecular weight is 819 g/mol. The third-order valence-corrected chi connectivity index (χ3v) is 11.5. The highest BCUT2D eigenvalue weighted by Gasteiger charge is 2.31. The number of pyridine rings is 2. The van der Waals surface area contributed by atoms with E-state index in [0.717, 1.165) is 72.3 Å². The van der Waals surface area contributed by atoms with Crippen molar-refractivity contribution in [1.29, 1.82) is 0 Å². The number of nitrogens with zero attached hydrogens (tertiary/aromatic N) is 5. The molecule has 2 aliphatic heterocycles. The topological polar surface area (TPSA) is 107 Å². The number of amides is 2. The molecule has 11 nitrogen and oxygen atoms in total. The standard InChI is InChI=1S/C44H53Cl2N5O6/c1-28(52)50-21-16-32(17-22-50)49(5)26-30-12-11-29(25-38(30)54-6)41-40(46)35(15-20-47-41)34-9-8-10-36(39(34)45)37-14-13-31(42(48-37)55-7)27-51(33-18-23-56-24-19-33)43(53)57-44(2,3)4/h8-15,20,25,32-33H,16-19,21-24,26-27H2,1-7H3. The van der Waals surface area contributed by atoms with Crippen LogP contribution in [0.2, 0.25) is 10.0 Å². The van der Waals surface area contributed by atoms with Gasteiger partial charge in [-0.1, -0.05) is 53.5 Å². The van der Waals surface area contributed by atoms with Crippen LogP contribution in [0.5, 0.6) is 11.6 Å². The number of halogens is 2. The Balaban J connectivity index is 1.24. The summed E-state index contributed by atoms with van der Waals surface area (Å²) >= 11 is 14.4. The SMILES string of the molecule is COc1cc(-c2nccc(-c3cccc(-c4ccc(CN(C(=O)OC(C)(C)C)C5CCOCC5)c(OC)n4)c3Cl)c2Cl)ccc1CN(C)C1CCN(C(C)=O)CC1. The Hall–Kier alpha value is -4.42. The highest BCUT2D eigenvalue weighted by atomic mass is 35.5. The summed E-state index contributed by atoms with van der Waals surface area (Å²) < 4.78 is 23.0. The maximum absolute atomic E-state index is 13.4. The largest absolute Gasteiger partial charge is 0.496 e. The van der Waals surface area contributed by atoms with Gasteiger partial charge in [-0.05, 0) is 77.8 Å². The normalized spacial score (nSPS) is 15.4. The lowest BCUT2D eigenvalue weighted by Gasteiger charge is -2.36. The Morgan fingerprint density at radius 2 is 1.54 bits per heavy atom. The van der Waals surface area contributed by atoms with Crippen molar-refractivity contribution in [1.82, 2.24) is 24.7 Å². The number of aromatic nitrogens is 2. The van der Waals surface area contributed by atoms with Gasteiger partial charge in [0.25, 0.3) is 0 Å². The van der Waals surface area contributed by atoms with Crippen molar-refractivity contribution in [2.75, 3.05) is 47.6 Å². The molecular weight excluding hydrogens is 765 g/mol. The Morgan fingerprint density at radius 3 is 2.21 bits per heavy atom. The van der Waals surface area contributed by atoms with Gasteiger partial charge < -0.3 is 28.7 Å². The summed E-state index contributed by atoms with van der Waals surface area (Å²) in [5, 5.41) is 0.929. The second-order valence-corrected chi connectivity index (χ2v) is 16.4. The van der Waals surface area contributed by atoms with Crippen LogP contribution in [0, 0.1) is 0 Å². The molecule has 13 heteroatoms. The van der Waals surface area contributed by atoms with Gasteiger partial charge in [0.05, 0.1) is 42.2 Å². The van der Waals surface area contributed by atoms with Crippen LogP contribution in [0.15, 0.2) is 60.8 Å². The summed E-state index contributed by atoms with van der Waals surface area (Å²) in [6.45, 7) is 10.9. The van der Waals surface area contributed by atoms with Crippen LogP contribution in [-0.4, -0.2) is 102 Å². The first kappa shape index (κ1) is 42.2. The van der Waals surface area contributed by atoms with Crippen LogP contribution < -0.4 is 9.47 Å². The van der Waals surface area contributed by atoms with E-state index in [0.29, 0.717) is 58.7 Å². The molecular formula is C44H53Cl2N5O6. The molecule has 2 aliphatic rings. The quantitative estimate of drug-likeness (QED) is 0.147. The monoisotopic (exact) mass is 817 g/mol. The van der Waals surface area contributed by atoms with Crippen molar-refractivity contribution >= 4 is 35.2 Å². The maximum atomic E-state index is 13.4. The van der Waals surface area contributed by atoms with E-state index in [1.165, 1.54) is 0 Å². The van der Waals surface area contributed by atoms with Crippen molar-refractivity contribution in [3.63, 3.8) is 0 Å². The number of carbonyl (C=O) groups is 2. The van der Waals surface area contributed by atoms with Gasteiger partial charge in [0, 0.05) is 91.4 Å². The van der Waals surface area contributed by atoms with Crippen LogP contribution in [0.1, 0.15) is 64.5 Å². The fourth-order valence-corrected chi connectivity index (χ4v) is 8.24. The minimum atomic E-state index is -0.640. The number of likely N-dealkylation sites (tertiary alicyclic amines) is 1. The second-order valence-electron chi connectivity index (χ2n) is 15.7. The number of carbonyl (C=O) groups excluding carboxylic acids is 2. The second kappa shape index (κ2) is 18.4. The summed E-state index contributed by atoms with van der Waals surface area (Å²) in [7, 11) is 5.36. The van der Waals surface area contributed by atoms with Gasteiger partial charge in [-0.25, -0.2) is 9.78 Å². The summed E-state index contributed by atoms with van der Waals surface area (Å²) in [4.78, 5) is 40.8. The van der Waals surface area contributed by atoms with Crippen molar-refractivity contribution in [2.45, 2.75) is 84.2 Å². The van der Waals surface area contributed by atoms with Crippen molar-refractivity contribution in [2.24, 2.45) is 0 Å². The van der Waals surface area contributed by atoms with Crippen molar-refractivity contribution in [3.8, 4) is 45.3 Å². The van der Waals surface area contributed by atoms with Crippen LogP contribution >= 0.6 is 23.2 Å². The number of methoxy groups -OCH3 is 2. The van der Waals surface area contributed by atoms with E-state index in [2.05, 4.69) is 23.0 Å². The molecule has 0 N–H and O–H groups in total. The van der Waals surface area contributed by atoms with Gasteiger partial charge in [0.2, 0.25) is 11.8 Å². The van der Waals surface area contributed by atoms with Gasteiger partial charge >= 0.3 is 6.09 Å². The van der Waals surface area contributed by atoms with Gasteiger partial charge in [-0.15, -0.1) is 0 Å². The van der Waals surface area contributed by atoms with E-state index < -0.39 is 5.60 Å². The predicted molar refractivity (Wildman–Crippen MR) is 224 cm³/mol. The van der Waals surface area contributed by atoms with E-state index in [9.17, 15) is 9.59 Å². The van der Waals surface area contributed by atoms with Crippen LogP contribution in [0.25, 0.3) is 33.6 Å². The predicted octanol–water partition coefficient (Wildman–Crippen LogP) is 9.16. The molecule has 0 radical (unpaired) electrons. The summed E-state index contributed by atoms with van der Waals surface area (Å²) in [5.74, 6) is 1.27. The lowest BCUT2D eigenvalue weighted by Crippen LogP contribution is -2.45. The summed E-state index contributed by atoms with van der Waals surface area (Å²) in [5.41, 5.74) is 5.33. The first-order valence-electron chi connectivity index (χ1n) is 19.5. The third-order valence-electron chi connectivity index (χ3n) is 10.7. The number of hydrogen-bond donors (Lipinski definition) is 0. The average Bonchev–Trinajstić information content (AvgIpc) is 3.20. The fourth-order valence-electron chi connectivity index (χ4n) is 7.59. The first-order valence-corrected chi connectivity index (χ1v) is 20.2.